The number of hydrogen-bond acceptors (Lipinski definition) is 3. The second kappa shape index (κ2) is 5.01. The summed E-state index contributed by atoms with van der Waals surface area (Å²) >= 11 is 0. The highest BCUT2D eigenvalue weighted by Crippen LogP contribution is 2.15. The highest BCUT2D eigenvalue weighted by atomic mass is 16.3. The Morgan fingerprint density at radius 3 is 2.89 bits per heavy atom. The number of aryl methyl sites for hydroxylation is 1. The van der Waals surface area contributed by atoms with Crippen LogP contribution in [-0.4, -0.2) is 33.9 Å². The molecule has 0 radical (unpaired) electrons. The minimum absolute atomic E-state index is 0.0343. The number of aliphatic hydroxyl groups excluding tert-OH is 1. The van der Waals surface area contributed by atoms with Crippen LogP contribution in [0.5, 0.6) is 0 Å². The molecule has 2 N–H and O–H groups in total. The molecule has 0 saturated heterocycles. The molecule has 0 aliphatic heterocycles. The molecule has 102 valence electrons. The molecule has 1 amide bonds. The van der Waals surface area contributed by atoms with Crippen molar-refractivity contribution in [2.24, 2.45) is 12.5 Å². The van der Waals surface area contributed by atoms with Crippen LogP contribution in [0.4, 0.5) is 0 Å². The van der Waals surface area contributed by atoms with E-state index in [1.807, 2.05) is 33.2 Å². The van der Waals surface area contributed by atoms with Gasteiger partial charge in [-0.15, -0.1) is 0 Å². The summed E-state index contributed by atoms with van der Waals surface area (Å²) in [5.74, 6) is -0.144. The van der Waals surface area contributed by atoms with Gasteiger partial charge in [0.2, 0.25) is 0 Å². The van der Waals surface area contributed by atoms with Crippen molar-refractivity contribution in [3.63, 3.8) is 0 Å². The summed E-state index contributed by atoms with van der Waals surface area (Å²) < 4.78 is 1.72. The number of nitrogens with one attached hydrogen (secondary N) is 1. The summed E-state index contributed by atoms with van der Waals surface area (Å²) in [4.78, 5) is 12.0. The third kappa shape index (κ3) is 3.12. The van der Waals surface area contributed by atoms with Gasteiger partial charge in [0.05, 0.1) is 5.52 Å². The molecule has 0 spiro atoms. The SMILES string of the molecule is Cn1cc2ccc(C(=O)NCC(C)(C)CO)cc2n1. The van der Waals surface area contributed by atoms with E-state index < -0.39 is 0 Å². The van der Waals surface area contributed by atoms with Crippen LogP contribution in [0.3, 0.4) is 0 Å². The zero-order valence-electron chi connectivity index (χ0n) is 11.5. The first-order valence-electron chi connectivity index (χ1n) is 6.24. The second-order valence-corrected chi connectivity index (χ2v) is 5.58. The van der Waals surface area contributed by atoms with Crippen molar-refractivity contribution in [1.82, 2.24) is 15.1 Å². The molecule has 2 aromatic rings. The molecule has 0 saturated carbocycles. The van der Waals surface area contributed by atoms with Gasteiger partial charge in [-0.2, -0.15) is 5.10 Å². The van der Waals surface area contributed by atoms with Crippen molar-refractivity contribution in [3.8, 4) is 0 Å². The molecule has 19 heavy (non-hydrogen) atoms. The first-order valence-corrected chi connectivity index (χ1v) is 6.24. The van der Waals surface area contributed by atoms with Crippen LogP contribution in [0.15, 0.2) is 24.4 Å². The molecule has 0 aliphatic carbocycles. The molecule has 5 nitrogen and oxygen atoms in total. The molecule has 0 aliphatic rings. The Bertz CT molecular complexity index is 602. The van der Waals surface area contributed by atoms with E-state index in [1.54, 1.807) is 16.8 Å². The first-order chi connectivity index (χ1) is 8.91. The van der Waals surface area contributed by atoms with Crippen LogP contribution < -0.4 is 5.32 Å². The lowest BCUT2D eigenvalue weighted by molar-refractivity contribution is 0.0911. The minimum atomic E-state index is -0.315. The predicted octanol–water partition coefficient (Wildman–Crippen LogP) is 1.32. The minimum Gasteiger partial charge on any atom is -0.396 e. The van der Waals surface area contributed by atoms with E-state index in [4.69, 9.17) is 5.11 Å². The Hall–Kier alpha value is -1.88. The van der Waals surface area contributed by atoms with Gasteiger partial charge in [0, 0.05) is 42.8 Å². The number of fused-ring (bicyclic) bond motifs is 1. The fourth-order valence-electron chi connectivity index (χ4n) is 1.76. The smallest absolute Gasteiger partial charge is 0.251 e. The lowest BCUT2D eigenvalue weighted by Crippen LogP contribution is -2.36. The van der Waals surface area contributed by atoms with Crippen LogP contribution in [0, 0.1) is 5.41 Å². The molecular formula is C14H19N3O2. The summed E-state index contributed by atoms with van der Waals surface area (Å²) in [5, 5.41) is 17.3. The van der Waals surface area contributed by atoms with E-state index in [0.29, 0.717) is 12.1 Å². The maximum absolute atomic E-state index is 12.0. The third-order valence-electron chi connectivity index (χ3n) is 3.04. The molecule has 0 bridgehead atoms. The summed E-state index contributed by atoms with van der Waals surface area (Å²) in [7, 11) is 1.85. The standard InChI is InChI=1S/C14H19N3O2/c1-14(2,9-18)8-15-13(19)10-4-5-11-7-17(3)16-12(11)6-10/h4-7,18H,8-9H2,1-3H3,(H,15,19). The van der Waals surface area contributed by atoms with Gasteiger partial charge in [-0.25, -0.2) is 0 Å². The quantitative estimate of drug-likeness (QED) is 0.872. The van der Waals surface area contributed by atoms with Gasteiger partial charge < -0.3 is 10.4 Å². The lowest BCUT2D eigenvalue weighted by Gasteiger charge is -2.21. The molecule has 0 atom stereocenters. The molecule has 1 heterocycles. The van der Waals surface area contributed by atoms with Crippen molar-refractivity contribution in [3.05, 3.63) is 30.0 Å². The average Bonchev–Trinajstić information content (AvgIpc) is 2.75. The van der Waals surface area contributed by atoms with E-state index in [0.717, 1.165) is 10.9 Å². The number of carbonyl (C=O) groups excluding carboxylic acids is 1. The van der Waals surface area contributed by atoms with Crippen LogP contribution in [0.2, 0.25) is 0 Å². The van der Waals surface area contributed by atoms with Gasteiger partial charge in [-0.1, -0.05) is 19.9 Å². The molecule has 5 heteroatoms. The summed E-state index contributed by atoms with van der Waals surface area (Å²) in [6, 6.07) is 5.44. The maximum atomic E-state index is 12.0. The molecule has 2 rings (SSSR count). The van der Waals surface area contributed by atoms with Gasteiger partial charge in [0.1, 0.15) is 0 Å². The number of rotatable bonds is 4. The van der Waals surface area contributed by atoms with Gasteiger partial charge >= 0.3 is 0 Å². The number of hydrogen-bond donors (Lipinski definition) is 2. The number of benzene rings is 1. The Balaban J connectivity index is 2.13. The number of nitrogens with zero attached hydrogens (tertiary/aromatic N) is 2. The predicted molar refractivity (Wildman–Crippen MR) is 73.9 cm³/mol. The van der Waals surface area contributed by atoms with Crippen molar-refractivity contribution < 1.29 is 9.90 Å². The van der Waals surface area contributed by atoms with E-state index in [9.17, 15) is 4.79 Å². The van der Waals surface area contributed by atoms with E-state index >= 15 is 0 Å². The van der Waals surface area contributed by atoms with Crippen LogP contribution in [0.1, 0.15) is 24.2 Å². The fraction of sp³-hybridized carbons (Fsp3) is 0.429. The topological polar surface area (TPSA) is 67.2 Å². The van der Waals surface area contributed by atoms with Crippen molar-refractivity contribution in [1.29, 1.82) is 0 Å². The molecule has 1 aromatic carbocycles. The number of amides is 1. The summed E-state index contributed by atoms with van der Waals surface area (Å²) in [6.45, 7) is 4.26. The van der Waals surface area contributed by atoms with Gasteiger partial charge in [0.25, 0.3) is 5.91 Å². The van der Waals surface area contributed by atoms with E-state index in [2.05, 4.69) is 10.4 Å². The van der Waals surface area contributed by atoms with Gasteiger partial charge in [0.15, 0.2) is 0 Å². The largest absolute Gasteiger partial charge is 0.396 e. The maximum Gasteiger partial charge on any atom is 0.251 e. The highest BCUT2D eigenvalue weighted by Gasteiger charge is 2.18. The Labute approximate surface area is 112 Å². The van der Waals surface area contributed by atoms with Crippen LogP contribution in [0.25, 0.3) is 10.9 Å². The molecular weight excluding hydrogens is 242 g/mol. The van der Waals surface area contributed by atoms with Crippen LogP contribution >= 0.6 is 0 Å². The molecule has 1 aromatic heterocycles. The first kappa shape index (κ1) is 13.5. The lowest BCUT2D eigenvalue weighted by atomic mass is 9.95. The zero-order valence-corrected chi connectivity index (χ0v) is 11.5. The summed E-state index contributed by atoms with van der Waals surface area (Å²) in [6.07, 6.45) is 1.91. The van der Waals surface area contributed by atoms with E-state index in [1.165, 1.54) is 0 Å². The Kier molecular flexibility index (Phi) is 3.57. The number of aliphatic hydroxyl groups is 1. The number of aromatic nitrogens is 2. The average molecular weight is 261 g/mol. The highest BCUT2D eigenvalue weighted by molar-refractivity contribution is 5.97. The Morgan fingerprint density at radius 2 is 2.21 bits per heavy atom. The molecule has 0 unspecified atom stereocenters. The van der Waals surface area contributed by atoms with Crippen molar-refractivity contribution >= 4 is 16.8 Å². The van der Waals surface area contributed by atoms with Gasteiger partial charge in [-0.3, -0.25) is 9.48 Å². The van der Waals surface area contributed by atoms with Crippen LogP contribution in [-0.2, 0) is 7.05 Å². The third-order valence-corrected chi connectivity index (χ3v) is 3.04. The molecule has 0 fully saturated rings. The van der Waals surface area contributed by atoms with E-state index in [-0.39, 0.29) is 17.9 Å². The second-order valence-electron chi connectivity index (χ2n) is 5.58. The fourth-order valence-corrected chi connectivity index (χ4v) is 1.76. The Morgan fingerprint density at radius 1 is 1.47 bits per heavy atom. The summed E-state index contributed by atoms with van der Waals surface area (Å²) in [5.41, 5.74) is 1.07. The zero-order chi connectivity index (χ0) is 14.0. The normalized spacial score (nSPS) is 11.8. The monoisotopic (exact) mass is 261 g/mol. The van der Waals surface area contributed by atoms with Crippen molar-refractivity contribution in [2.75, 3.05) is 13.2 Å². The van der Waals surface area contributed by atoms with Crippen molar-refractivity contribution in [2.45, 2.75) is 13.8 Å². The van der Waals surface area contributed by atoms with Gasteiger partial charge in [-0.05, 0) is 12.1 Å². The number of carbonyl (C=O) groups is 1.